The first-order valence-electron chi connectivity index (χ1n) is 10.2. The summed E-state index contributed by atoms with van der Waals surface area (Å²) in [6.45, 7) is 15.3. The second-order valence-corrected chi connectivity index (χ2v) is 8.62. The minimum atomic E-state index is -0.0695. The van der Waals surface area contributed by atoms with Crippen LogP contribution in [0.4, 0.5) is 5.69 Å². The Hall–Kier alpha value is -1.95. The van der Waals surface area contributed by atoms with Crippen molar-refractivity contribution in [3.8, 4) is 0 Å². The highest BCUT2D eigenvalue weighted by molar-refractivity contribution is 5.46. The van der Waals surface area contributed by atoms with Crippen LogP contribution in [0.2, 0.25) is 0 Å². The molecule has 0 spiro atoms. The number of hydrogen-bond acceptors (Lipinski definition) is 5. The van der Waals surface area contributed by atoms with E-state index in [-0.39, 0.29) is 11.6 Å². The van der Waals surface area contributed by atoms with Crippen LogP contribution in [0.1, 0.15) is 59.3 Å². The fourth-order valence-electron chi connectivity index (χ4n) is 3.78. The van der Waals surface area contributed by atoms with Crippen LogP contribution >= 0.6 is 0 Å². The van der Waals surface area contributed by atoms with Crippen LogP contribution in [0, 0.1) is 5.92 Å². The lowest BCUT2D eigenvalue weighted by Crippen LogP contribution is -2.48. The first-order valence-corrected chi connectivity index (χ1v) is 10.2. The van der Waals surface area contributed by atoms with E-state index in [1.807, 2.05) is 0 Å². The van der Waals surface area contributed by atoms with Crippen molar-refractivity contribution in [2.75, 3.05) is 31.1 Å². The monoisotopic (exact) mass is 370 g/mol. The van der Waals surface area contributed by atoms with Gasteiger partial charge in [-0.25, -0.2) is 4.68 Å². The largest absolute Gasteiger partial charge is 0.369 e. The van der Waals surface area contributed by atoms with Gasteiger partial charge in [-0.3, -0.25) is 4.90 Å². The zero-order valence-electron chi connectivity index (χ0n) is 17.5. The van der Waals surface area contributed by atoms with Gasteiger partial charge in [0.05, 0.1) is 11.6 Å². The Morgan fingerprint density at radius 2 is 1.70 bits per heavy atom. The number of anilines is 1. The molecule has 6 heteroatoms. The SMILES string of the molecule is CCC(C)(C)n1nnnc1C(CC(C)C)N1CCN(c2ccccc2)CC1. The van der Waals surface area contributed by atoms with Gasteiger partial charge >= 0.3 is 0 Å². The lowest BCUT2D eigenvalue weighted by molar-refractivity contribution is 0.143. The number of rotatable bonds is 7. The second kappa shape index (κ2) is 8.38. The zero-order valence-corrected chi connectivity index (χ0v) is 17.5. The van der Waals surface area contributed by atoms with Crippen LogP contribution in [0.25, 0.3) is 0 Å². The first kappa shape index (κ1) is 19.8. The summed E-state index contributed by atoms with van der Waals surface area (Å²) >= 11 is 0. The van der Waals surface area contributed by atoms with Crippen molar-refractivity contribution in [1.29, 1.82) is 0 Å². The van der Waals surface area contributed by atoms with Crippen LogP contribution in [-0.2, 0) is 5.54 Å². The van der Waals surface area contributed by atoms with Gasteiger partial charge in [-0.15, -0.1) is 5.10 Å². The Bertz CT molecular complexity index is 700. The first-order chi connectivity index (χ1) is 12.9. The number of para-hydroxylation sites is 1. The smallest absolute Gasteiger partial charge is 0.168 e. The zero-order chi connectivity index (χ0) is 19.4. The Labute approximate surface area is 163 Å². The Balaban J connectivity index is 1.78. The molecule has 1 fully saturated rings. The van der Waals surface area contributed by atoms with E-state index >= 15 is 0 Å². The molecule has 1 saturated heterocycles. The van der Waals surface area contributed by atoms with Gasteiger partial charge in [-0.05, 0) is 55.2 Å². The number of aromatic nitrogens is 4. The van der Waals surface area contributed by atoms with E-state index in [4.69, 9.17) is 0 Å². The third kappa shape index (κ3) is 4.49. The van der Waals surface area contributed by atoms with Gasteiger partial charge in [0.25, 0.3) is 0 Å². The van der Waals surface area contributed by atoms with Gasteiger partial charge in [0, 0.05) is 31.9 Å². The van der Waals surface area contributed by atoms with Crippen molar-refractivity contribution in [1.82, 2.24) is 25.1 Å². The van der Waals surface area contributed by atoms with E-state index in [1.54, 1.807) is 0 Å². The summed E-state index contributed by atoms with van der Waals surface area (Å²) in [6, 6.07) is 11.0. The van der Waals surface area contributed by atoms with E-state index in [0.29, 0.717) is 5.92 Å². The standard InChI is InChI=1S/C21H34N6/c1-6-21(4,5)27-20(22-23-24-27)19(16-17(2)3)26-14-12-25(13-15-26)18-10-8-7-9-11-18/h7-11,17,19H,6,12-16H2,1-5H3. The summed E-state index contributed by atoms with van der Waals surface area (Å²) in [5.41, 5.74) is 1.24. The average Bonchev–Trinajstić information content (AvgIpc) is 3.17. The molecule has 148 valence electrons. The van der Waals surface area contributed by atoms with Gasteiger partial charge in [0.1, 0.15) is 0 Å². The Kier molecular flexibility index (Phi) is 6.15. The van der Waals surface area contributed by atoms with Gasteiger partial charge in [-0.2, -0.15) is 0 Å². The molecule has 1 aromatic heterocycles. The molecule has 27 heavy (non-hydrogen) atoms. The summed E-state index contributed by atoms with van der Waals surface area (Å²) in [5.74, 6) is 1.61. The highest BCUT2D eigenvalue weighted by Gasteiger charge is 2.33. The van der Waals surface area contributed by atoms with E-state index in [9.17, 15) is 0 Å². The maximum Gasteiger partial charge on any atom is 0.168 e. The molecule has 0 amide bonds. The molecule has 2 aromatic rings. The van der Waals surface area contributed by atoms with E-state index in [1.165, 1.54) is 5.69 Å². The normalized spacial score (nSPS) is 17.5. The number of tetrazole rings is 1. The highest BCUT2D eigenvalue weighted by atomic mass is 15.6. The number of nitrogens with zero attached hydrogens (tertiary/aromatic N) is 6. The second-order valence-electron chi connectivity index (χ2n) is 8.62. The van der Waals surface area contributed by atoms with Gasteiger partial charge in [-0.1, -0.05) is 39.0 Å². The molecule has 2 heterocycles. The quantitative estimate of drug-likeness (QED) is 0.743. The van der Waals surface area contributed by atoms with Crippen molar-refractivity contribution < 1.29 is 0 Å². The highest BCUT2D eigenvalue weighted by Crippen LogP contribution is 2.31. The van der Waals surface area contributed by atoms with Crippen molar-refractivity contribution in [2.45, 2.75) is 59.0 Å². The average molecular weight is 371 g/mol. The molecule has 0 bridgehead atoms. The molecule has 0 saturated carbocycles. The van der Waals surface area contributed by atoms with E-state index in [2.05, 4.69) is 95.0 Å². The molecule has 1 atom stereocenters. The molecule has 3 rings (SSSR count). The topological polar surface area (TPSA) is 50.1 Å². The summed E-state index contributed by atoms with van der Waals surface area (Å²) in [6.07, 6.45) is 2.08. The van der Waals surface area contributed by atoms with Crippen LogP contribution in [0.5, 0.6) is 0 Å². The molecular weight excluding hydrogens is 336 g/mol. The van der Waals surface area contributed by atoms with E-state index < -0.39 is 0 Å². The number of hydrogen-bond donors (Lipinski definition) is 0. The van der Waals surface area contributed by atoms with Crippen LogP contribution in [0.3, 0.4) is 0 Å². The van der Waals surface area contributed by atoms with Gasteiger partial charge in [0.15, 0.2) is 5.82 Å². The van der Waals surface area contributed by atoms with Crippen LogP contribution < -0.4 is 4.90 Å². The molecule has 0 radical (unpaired) electrons. The third-order valence-corrected chi connectivity index (χ3v) is 5.80. The maximum atomic E-state index is 4.48. The summed E-state index contributed by atoms with van der Waals surface area (Å²) in [5, 5.41) is 12.9. The number of piperazine rings is 1. The minimum Gasteiger partial charge on any atom is -0.369 e. The Morgan fingerprint density at radius 3 is 2.30 bits per heavy atom. The summed E-state index contributed by atoms with van der Waals surface area (Å²) in [7, 11) is 0. The lowest BCUT2D eigenvalue weighted by Gasteiger charge is -2.41. The Morgan fingerprint density at radius 1 is 1.04 bits per heavy atom. The van der Waals surface area contributed by atoms with Crippen molar-refractivity contribution >= 4 is 5.69 Å². The van der Waals surface area contributed by atoms with Crippen molar-refractivity contribution in [2.24, 2.45) is 5.92 Å². The minimum absolute atomic E-state index is 0.0695. The number of benzene rings is 1. The van der Waals surface area contributed by atoms with Crippen LogP contribution in [-0.4, -0.2) is 51.3 Å². The molecule has 0 N–H and O–H groups in total. The molecular formula is C21H34N6. The van der Waals surface area contributed by atoms with Crippen molar-refractivity contribution in [3.63, 3.8) is 0 Å². The summed E-state index contributed by atoms with van der Waals surface area (Å²) in [4.78, 5) is 5.05. The maximum absolute atomic E-state index is 4.48. The third-order valence-electron chi connectivity index (χ3n) is 5.80. The summed E-state index contributed by atoms with van der Waals surface area (Å²) < 4.78 is 2.06. The predicted molar refractivity (Wildman–Crippen MR) is 110 cm³/mol. The predicted octanol–water partition coefficient (Wildman–Crippen LogP) is 3.73. The molecule has 6 nitrogen and oxygen atoms in total. The van der Waals surface area contributed by atoms with Gasteiger partial charge < -0.3 is 4.90 Å². The fraction of sp³-hybridized carbons (Fsp3) is 0.667. The molecule has 0 aliphatic carbocycles. The van der Waals surface area contributed by atoms with Crippen molar-refractivity contribution in [3.05, 3.63) is 36.2 Å². The van der Waals surface area contributed by atoms with E-state index in [0.717, 1.165) is 44.8 Å². The van der Waals surface area contributed by atoms with Crippen LogP contribution in [0.15, 0.2) is 30.3 Å². The molecule has 1 aromatic carbocycles. The molecule has 1 aliphatic rings. The molecule has 1 aliphatic heterocycles. The fourth-order valence-corrected chi connectivity index (χ4v) is 3.78. The molecule has 1 unspecified atom stereocenters. The van der Waals surface area contributed by atoms with Gasteiger partial charge in [0.2, 0.25) is 0 Å². The lowest BCUT2D eigenvalue weighted by atomic mass is 9.98.